The number of carbonyl (C=O) groups is 1. The average molecular weight is 765 g/mol. The minimum Gasteiger partial charge on any atom is -0.756 e. The van der Waals surface area contributed by atoms with Crippen LogP contribution in [-0.2, 0) is 41.1 Å². The largest absolute Gasteiger partial charge is 1.00 e. The number of anilines is 1. The van der Waals surface area contributed by atoms with E-state index in [9.17, 15) is 53.4 Å². The van der Waals surface area contributed by atoms with Crippen LogP contribution in [0.4, 0.5) is 5.82 Å². The van der Waals surface area contributed by atoms with Crippen molar-refractivity contribution in [3.05, 3.63) is 42.7 Å². The summed E-state index contributed by atoms with van der Waals surface area (Å²) in [5, 5.41) is 31.5. The molecule has 264 valence electrons. The Morgan fingerprint density at radius 2 is 1.65 bits per heavy atom. The van der Waals surface area contributed by atoms with Gasteiger partial charge in [-0.05, 0) is 6.07 Å². The van der Waals surface area contributed by atoms with E-state index in [0.29, 0.717) is 0 Å². The van der Waals surface area contributed by atoms with Crippen molar-refractivity contribution in [3.63, 3.8) is 0 Å². The maximum atomic E-state index is 12.4. The maximum Gasteiger partial charge on any atom is 1.00 e. The van der Waals surface area contributed by atoms with E-state index in [1.807, 2.05) is 0 Å². The number of hydrogen-bond acceptors (Lipinski definition) is 19. The van der Waals surface area contributed by atoms with Gasteiger partial charge in [0.05, 0.1) is 19.5 Å². The number of pyridine rings is 1. The summed E-state index contributed by atoms with van der Waals surface area (Å²) in [4.78, 5) is 66.6. The molecule has 9 N–H and O–H groups in total. The number of primary amides is 1. The predicted molar refractivity (Wildman–Crippen MR) is 146 cm³/mol. The van der Waals surface area contributed by atoms with E-state index in [4.69, 9.17) is 20.9 Å². The van der Waals surface area contributed by atoms with Gasteiger partial charge < -0.3 is 64.9 Å². The van der Waals surface area contributed by atoms with E-state index >= 15 is 0 Å². The van der Waals surface area contributed by atoms with Crippen LogP contribution in [0.1, 0.15) is 22.8 Å². The van der Waals surface area contributed by atoms with Crippen LogP contribution in [0.5, 0.6) is 0 Å². The van der Waals surface area contributed by atoms with E-state index in [1.54, 1.807) is 0 Å². The van der Waals surface area contributed by atoms with Crippen molar-refractivity contribution in [2.24, 2.45) is 5.73 Å². The van der Waals surface area contributed by atoms with Gasteiger partial charge in [-0.3, -0.25) is 23.0 Å². The summed E-state index contributed by atoms with van der Waals surface area (Å²) in [6.07, 6.45) is -8.80. The third-order valence-corrected chi connectivity index (χ3v) is 10.0. The van der Waals surface area contributed by atoms with Gasteiger partial charge >= 0.3 is 37.4 Å². The topological polar surface area (TPSA) is 370 Å². The van der Waals surface area contributed by atoms with Crippen molar-refractivity contribution in [2.45, 2.75) is 49.1 Å². The zero-order valence-electron chi connectivity index (χ0n) is 24.9. The molecule has 0 spiro atoms. The SMILES string of the molecule is NC(=O)c1ccc[n+]([C@@H]2O[C@H](COP(=O)([O-])OP(=O)([O-])OC[C@H]3O[C@@H](n4cnc5c(N)ncnc54)[C@H](O)[C@@H]3OP(=O)(O)O)[C@@H](O)[C@H]2O)c1.[Na+]. The van der Waals surface area contributed by atoms with E-state index in [0.717, 1.165) is 17.2 Å². The zero-order valence-corrected chi connectivity index (χ0v) is 29.5. The van der Waals surface area contributed by atoms with Crippen molar-refractivity contribution in [2.75, 3.05) is 18.9 Å². The molecule has 0 bridgehead atoms. The Morgan fingerprint density at radius 3 is 2.29 bits per heavy atom. The molecule has 28 heteroatoms. The molecular formula is C21H27N7NaO17P3. The molecular weight excluding hydrogens is 738 g/mol. The number of rotatable bonds is 13. The van der Waals surface area contributed by atoms with Gasteiger partial charge in [-0.15, -0.1) is 0 Å². The molecule has 0 radical (unpaired) electrons. The fourth-order valence-corrected chi connectivity index (χ4v) is 7.43. The maximum absolute atomic E-state index is 12.4. The monoisotopic (exact) mass is 765 g/mol. The van der Waals surface area contributed by atoms with Crippen molar-refractivity contribution >= 4 is 46.4 Å². The number of ether oxygens (including phenoxy) is 2. The van der Waals surface area contributed by atoms with Crippen molar-refractivity contribution in [3.8, 4) is 0 Å². The molecule has 3 aromatic heterocycles. The standard InChI is InChI=1S/C21H28N7O17P3.Na/c22-17-12-19(25-7-24-17)28(8-26-12)21-15(31)16(44-46(33,34)35)11(43-21)6-41-48(38,39)45-47(36,37)40-5-10-13(29)14(30)20(42-10)27-3-1-2-9(4-27)18(23)32;/h1-4,7-8,10-11,13-16,20-21,29-31H,5-6H2,(H7-,22,23,24,25,32,33,34,35,36,37,38,39);/q;+1/p-1/t10-,11-,13-,14-,15-,16-,20-,21-;/m1./s1. The number of amides is 1. The molecule has 24 nitrogen and oxygen atoms in total. The molecule has 2 unspecified atom stereocenters. The van der Waals surface area contributed by atoms with Crippen molar-refractivity contribution in [1.82, 2.24) is 19.5 Å². The first kappa shape index (κ1) is 39.9. The molecule has 2 fully saturated rings. The van der Waals surface area contributed by atoms with Crippen LogP contribution in [0.25, 0.3) is 11.2 Å². The van der Waals surface area contributed by atoms with Gasteiger partial charge in [-0.1, -0.05) is 0 Å². The second-order valence-electron chi connectivity index (χ2n) is 10.2. The zero-order chi connectivity index (χ0) is 35.2. The summed E-state index contributed by atoms with van der Waals surface area (Å²) in [5.74, 6) is -0.861. The van der Waals surface area contributed by atoms with Gasteiger partial charge in [-0.25, -0.2) is 23.8 Å². The van der Waals surface area contributed by atoms with Crippen LogP contribution >= 0.6 is 23.5 Å². The molecule has 0 aromatic carbocycles. The first-order chi connectivity index (χ1) is 22.4. The number of fused-ring (bicyclic) bond motifs is 1. The third-order valence-electron chi connectivity index (χ3n) is 6.96. The minimum atomic E-state index is -5.87. The number of carbonyl (C=O) groups excluding carboxylic acids is 1. The predicted octanol–water partition coefficient (Wildman–Crippen LogP) is -7.16. The van der Waals surface area contributed by atoms with Gasteiger partial charge in [0.15, 0.2) is 36.2 Å². The third kappa shape index (κ3) is 9.33. The molecule has 5 heterocycles. The molecule has 3 aromatic rings. The van der Waals surface area contributed by atoms with Crippen LogP contribution in [-0.4, -0.2) is 100 Å². The van der Waals surface area contributed by atoms with Gasteiger partial charge in [0, 0.05) is 6.07 Å². The molecule has 1 amide bonds. The quantitative estimate of drug-likeness (QED) is 0.0483. The minimum absolute atomic E-state index is 0. The Labute approximate surface area is 296 Å². The van der Waals surface area contributed by atoms with E-state index in [-0.39, 0.29) is 52.1 Å². The van der Waals surface area contributed by atoms with Crippen molar-refractivity contribution in [1.29, 1.82) is 0 Å². The number of hydrogen-bond donors (Lipinski definition) is 7. The van der Waals surface area contributed by atoms with E-state index < -0.39 is 91.7 Å². The Balaban J connectivity index is 0.00000541. The first-order valence-corrected chi connectivity index (χ1v) is 17.8. The molecule has 10 atom stereocenters. The number of nitrogens with two attached hydrogens (primary N) is 2. The molecule has 2 aliphatic heterocycles. The van der Waals surface area contributed by atoms with Crippen LogP contribution in [0, 0.1) is 0 Å². The molecule has 2 saturated heterocycles. The number of phosphoric ester groups is 3. The summed E-state index contributed by atoms with van der Waals surface area (Å²) < 4.78 is 67.4. The normalized spacial score (nSPS) is 29.7. The first-order valence-electron chi connectivity index (χ1n) is 13.3. The number of nitrogen functional groups attached to an aromatic ring is 1. The Bertz CT molecular complexity index is 1820. The van der Waals surface area contributed by atoms with Gasteiger partial charge in [-0.2, -0.15) is 4.57 Å². The summed E-state index contributed by atoms with van der Waals surface area (Å²) >= 11 is 0. The number of nitrogens with zero attached hydrogens (tertiary/aromatic N) is 5. The van der Waals surface area contributed by atoms with Crippen LogP contribution in [0.2, 0.25) is 0 Å². The summed E-state index contributed by atoms with van der Waals surface area (Å²) in [5.41, 5.74) is 11.1. The van der Waals surface area contributed by atoms with Crippen LogP contribution < -0.4 is 55.4 Å². The number of aliphatic hydroxyl groups is 3. The fourth-order valence-electron chi connectivity index (χ4n) is 4.84. The summed E-state index contributed by atoms with van der Waals surface area (Å²) in [7, 11) is -17.0. The molecule has 0 saturated carbocycles. The molecule has 2 aliphatic rings. The number of aromatic nitrogens is 5. The summed E-state index contributed by atoms with van der Waals surface area (Å²) in [6, 6.07) is 2.75. The molecule has 5 rings (SSSR count). The Morgan fingerprint density at radius 1 is 1.00 bits per heavy atom. The van der Waals surface area contributed by atoms with Gasteiger partial charge in [0.1, 0.15) is 47.9 Å². The number of imidazole rings is 1. The van der Waals surface area contributed by atoms with Crippen LogP contribution in [0.3, 0.4) is 0 Å². The number of aliphatic hydroxyl groups excluding tert-OH is 3. The molecule has 0 aliphatic carbocycles. The molecule has 49 heavy (non-hydrogen) atoms. The smallest absolute Gasteiger partial charge is 0.756 e. The summed E-state index contributed by atoms with van der Waals surface area (Å²) in [6.45, 7) is -2.26. The fraction of sp³-hybridized carbons (Fsp3) is 0.476. The number of phosphoric acid groups is 3. The second kappa shape index (κ2) is 15.4. The Hall–Kier alpha value is -1.86. The van der Waals surface area contributed by atoms with E-state index in [2.05, 4.69) is 32.8 Å². The van der Waals surface area contributed by atoms with Crippen LogP contribution in [0.15, 0.2) is 37.2 Å². The van der Waals surface area contributed by atoms with Crippen molar-refractivity contribution < 1.29 is 115 Å². The second-order valence-corrected chi connectivity index (χ2v) is 14.4. The average Bonchev–Trinajstić information content (AvgIpc) is 3.64. The van der Waals surface area contributed by atoms with Gasteiger partial charge in [0.25, 0.3) is 27.8 Å². The van der Waals surface area contributed by atoms with E-state index in [1.165, 1.54) is 29.1 Å². The Kier molecular flexibility index (Phi) is 12.5. The van der Waals surface area contributed by atoms with Gasteiger partial charge in [0.2, 0.25) is 0 Å².